The third-order valence-corrected chi connectivity index (χ3v) is 3.39. The molecular weight excluding hydrogens is 270 g/mol. The number of hydrogen-bond donors (Lipinski definition) is 1. The quantitative estimate of drug-likeness (QED) is 0.910. The second-order valence-corrected chi connectivity index (χ2v) is 4.76. The van der Waals surface area contributed by atoms with E-state index in [2.05, 4.69) is 12.2 Å². The van der Waals surface area contributed by atoms with Gasteiger partial charge in [0, 0.05) is 18.7 Å². The van der Waals surface area contributed by atoms with E-state index in [9.17, 15) is 8.78 Å². The van der Waals surface area contributed by atoms with E-state index in [0.717, 1.165) is 24.1 Å². The van der Waals surface area contributed by atoms with Crippen LogP contribution in [0.3, 0.4) is 0 Å². The van der Waals surface area contributed by atoms with Crippen LogP contribution in [0.2, 0.25) is 0 Å². The van der Waals surface area contributed by atoms with Crippen LogP contribution in [-0.4, -0.2) is 0 Å². The molecule has 0 unspecified atom stereocenters. The van der Waals surface area contributed by atoms with Crippen molar-refractivity contribution in [1.29, 1.82) is 5.26 Å². The van der Waals surface area contributed by atoms with Crippen molar-refractivity contribution < 1.29 is 8.78 Å². The summed E-state index contributed by atoms with van der Waals surface area (Å²) < 4.78 is 27.5. The summed E-state index contributed by atoms with van der Waals surface area (Å²) in [6, 6.07) is 11.8. The summed E-state index contributed by atoms with van der Waals surface area (Å²) in [6.07, 6.45) is 0.914. The zero-order valence-corrected chi connectivity index (χ0v) is 11.8. The number of rotatable bonds is 5. The van der Waals surface area contributed by atoms with Gasteiger partial charge in [0.25, 0.3) is 0 Å². The summed E-state index contributed by atoms with van der Waals surface area (Å²) in [5, 5.41) is 11.7. The molecule has 0 atom stereocenters. The Morgan fingerprint density at radius 1 is 1.05 bits per heavy atom. The van der Waals surface area contributed by atoms with E-state index in [0.29, 0.717) is 6.54 Å². The number of nitrogens with zero attached hydrogens (tertiary/aromatic N) is 1. The van der Waals surface area contributed by atoms with Crippen molar-refractivity contribution >= 4 is 0 Å². The van der Waals surface area contributed by atoms with Crippen molar-refractivity contribution in [1.82, 2.24) is 5.32 Å². The van der Waals surface area contributed by atoms with Crippen LogP contribution in [0, 0.1) is 23.0 Å². The van der Waals surface area contributed by atoms with Crippen LogP contribution in [0.1, 0.15) is 29.2 Å². The molecule has 4 heteroatoms. The highest BCUT2D eigenvalue weighted by molar-refractivity contribution is 5.34. The summed E-state index contributed by atoms with van der Waals surface area (Å²) in [5.41, 5.74) is 2.29. The predicted molar refractivity (Wildman–Crippen MR) is 77.4 cm³/mol. The number of nitrogens with one attached hydrogen (secondary N) is 1. The van der Waals surface area contributed by atoms with Crippen molar-refractivity contribution in [2.75, 3.05) is 0 Å². The number of aryl methyl sites for hydroxylation is 1. The smallest absolute Gasteiger partial charge is 0.131 e. The maximum absolute atomic E-state index is 13.7. The molecular formula is C17H16F2N2. The fourth-order valence-corrected chi connectivity index (χ4v) is 2.23. The highest BCUT2D eigenvalue weighted by atomic mass is 19.1. The Morgan fingerprint density at radius 3 is 2.24 bits per heavy atom. The van der Waals surface area contributed by atoms with Gasteiger partial charge in [0.05, 0.1) is 11.6 Å². The van der Waals surface area contributed by atoms with Crippen molar-refractivity contribution in [3.8, 4) is 6.07 Å². The first-order valence-electron chi connectivity index (χ1n) is 6.81. The van der Waals surface area contributed by atoms with Crippen LogP contribution in [0.25, 0.3) is 0 Å². The van der Waals surface area contributed by atoms with Gasteiger partial charge in [-0.25, -0.2) is 8.78 Å². The molecule has 0 aliphatic heterocycles. The van der Waals surface area contributed by atoms with Crippen LogP contribution >= 0.6 is 0 Å². The minimum absolute atomic E-state index is 0.00919. The van der Waals surface area contributed by atoms with Crippen LogP contribution in [-0.2, 0) is 19.5 Å². The molecule has 0 aliphatic carbocycles. The van der Waals surface area contributed by atoms with Gasteiger partial charge in [-0.3, -0.25) is 0 Å². The Bertz CT molecular complexity index is 652. The van der Waals surface area contributed by atoms with E-state index in [-0.39, 0.29) is 17.7 Å². The lowest BCUT2D eigenvalue weighted by atomic mass is 10.1. The molecule has 108 valence electrons. The van der Waals surface area contributed by atoms with E-state index in [1.807, 2.05) is 24.3 Å². The van der Waals surface area contributed by atoms with Crippen molar-refractivity contribution in [2.24, 2.45) is 0 Å². The molecule has 2 rings (SSSR count). The normalized spacial score (nSPS) is 10.4. The average Bonchev–Trinajstić information content (AvgIpc) is 2.50. The fraction of sp³-hybridized carbons (Fsp3) is 0.235. The molecule has 1 N–H and O–H groups in total. The molecule has 0 spiro atoms. The van der Waals surface area contributed by atoms with Crippen LogP contribution in [0.5, 0.6) is 0 Å². The summed E-state index contributed by atoms with van der Waals surface area (Å²) in [4.78, 5) is 0. The maximum atomic E-state index is 13.7. The van der Waals surface area contributed by atoms with Crippen molar-refractivity contribution in [2.45, 2.75) is 26.4 Å². The Morgan fingerprint density at radius 2 is 1.67 bits per heavy atom. The molecule has 0 radical (unpaired) electrons. The van der Waals surface area contributed by atoms with E-state index in [1.165, 1.54) is 5.56 Å². The van der Waals surface area contributed by atoms with Crippen LogP contribution in [0.15, 0.2) is 36.4 Å². The molecule has 2 aromatic carbocycles. The molecule has 0 bridgehead atoms. The van der Waals surface area contributed by atoms with E-state index < -0.39 is 11.6 Å². The SMILES string of the molecule is CCc1ccccc1CNCc1c(F)cc(C#N)cc1F. The highest BCUT2D eigenvalue weighted by Crippen LogP contribution is 2.15. The van der Waals surface area contributed by atoms with Gasteiger partial charge >= 0.3 is 0 Å². The zero-order valence-electron chi connectivity index (χ0n) is 11.8. The molecule has 0 fully saturated rings. The Balaban J connectivity index is 2.06. The van der Waals surface area contributed by atoms with Crippen molar-refractivity contribution in [3.63, 3.8) is 0 Å². The zero-order chi connectivity index (χ0) is 15.2. The van der Waals surface area contributed by atoms with E-state index >= 15 is 0 Å². The molecule has 0 saturated heterocycles. The minimum Gasteiger partial charge on any atom is -0.308 e. The molecule has 2 nitrogen and oxygen atoms in total. The minimum atomic E-state index is -0.692. The van der Waals surface area contributed by atoms with Gasteiger partial charge in [-0.1, -0.05) is 31.2 Å². The second-order valence-electron chi connectivity index (χ2n) is 4.76. The third-order valence-electron chi connectivity index (χ3n) is 3.39. The molecule has 0 amide bonds. The lowest BCUT2D eigenvalue weighted by Crippen LogP contribution is -2.16. The van der Waals surface area contributed by atoms with Gasteiger partial charge in [-0.2, -0.15) is 5.26 Å². The molecule has 0 aromatic heterocycles. The van der Waals surface area contributed by atoms with E-state index in [1.54, 1.807) is 6.07 Å². The van der Waals surface area contributed by atoms with Gasteiger partial charge in [-0.05, 0) is 29.7 Å². The first-order valence-corrected chi connectivity index (χ1v) is 6.81. The average molecular weight is 286 g/mol. The lowest BCUT2D eigenvalue weighted by Gasteiger charge is -2.10. The van der Waals surface area contributed by atoms with Gasteiger partial charge in [-0.15, -0.1) is 0 Å². The topological polar surface area (TPSA) is 35.8 Å². The maximum Gasteiger partial charge on any atom is 0.131 e. The molecule has 2 aromatic rings. The Labute approximate surface area is 123 Å². The number of benzene rings is 2. The van der Waals surface area contributed by atoms with Gasteiger partial charge in [0.1, 0.15) is 11.6 Å². The molecule has 0 heterocycles. The number of halogens is 2. The van der Waals surface area contributed by atoms with Crippen molar-refractivity contribution in [3.05, 3.63) is 70.3 Å². The summed E-state index contributed by atoms with van der Waals surface area (Å²) >= 11 is 0. The van der Waals surface area contributed by atoms with Crippen LogP contribution in [0.4, 0.5) is 8.78 Å². The third kappa shape index (κ3) is 3.65. The van der Waals surface area contributed by atoms with Gasteiger partial charge in [0.2, 0.25) is 0 Å². The van der Waals surface area contributed by atoms with Gasteiger partial charge < -0.3 is 5.32 Å². The monoisotopic (exact) mass is 286 g/mol. The molecule has 21 heavy (non-hydrogen) atoms. The van der Waals surface area contributed by atoms with Crippen LogP contribution < -0.4 is 5.32 Å². The molecule has 0 aliphatic rings. The Kier molecular flexibility index (Phi) is 5.02. The largest absolute Gasteiger partial charge is 0.308 e. The first-order chi connectivity index (χ1) is 10.2. The molecule has 0 saturated carbocycles. The summed E-state index contributed by atoms with van der Waals surface area (Å²) in [5.74, 6) is -1.38. The number of nitriles is 1. The lowest BCUT2D eigenvalue weighted by molar-refractivity contribution is 0.534. The first kappa shape index (κ1) is 15.1. The standard InChI is InChI=1S/C17H16F2N2/c1-2-13-5-3-4-6-14(13)10-21-11-15-16(18)7-12(9-20)8-17(15)19/h3-8,21H,2,10-11H2,1H3. The fourth-order valence-electron chi connectivity index (χ4n) is 2.23. The summed E-state index contributed by atoms with van der Waals surface area (Å²) in [6.45, 7) is 2.70. The predicted octanol–water partition coefficient (Wildman–Crippen LogP) is 3.69. The summed E-state index contributed by atoms with van der Waals surface area (Å²) in [7, 11) is 0. The second kappa shape index (κ2) is 6.96. The van der Waals surface area contributed by atoms with E-state index in [4.69, 9.17) is 5.26 Å². The van der Waals surface area contributed by atoms with Gasteiger partial charge in [0.15, 0.2) is 0 Å². The Hall–Kier alpha value is -2.25. The highest BCUT2D eigenvalue weighted by Gasteiger charge is 2.11. The number of hydrogen-bond acceptors (Lipinski definition) is 2.